The molecule has 1 unspecified atom stereocenters. The van der Waals surface area contributed by atoms with Crippen molar-refractivity contribution in [2.24, 2.45) is 5.73 Å². The van der Waals surface area contributed by atoms with E-state index < -0.39 is 17.9 Å². The minimum Gasteiger partial charge on any atom is -0.479 e. The Hall–Kier alpha value is -1.62. The lowest BCUT2D eigenvalue weighted by atomic mass is 10.1. The van der Waals surface area contributed by atoms with Gasteiger partial charge in [-0.3, -0.25) is 0 Å². The fraction of sp³-hybridized carbons (Fsp3) is 0.364. The SMILES string of the molecule is CC(Oc1ccc(F)cc1CCN)C(=O)O. The van der Waals surface area contributed by atoms with Crippen LogP contribution in [0.2, 0.25) is 0 Å². The highest BCUT2D eigenvalue weighted by Gasteiger charge is 2.14. The summed E-state index contributed by atoms with van der Waals surface area (Å²) >= 11 is 0. The van der Waals surface area contributed by atoms with E-state index in [1.165, 1.54) is 25.1 Å². The van der Waals surface area contributed by atoms with Gasteiger partial charge in [0.25, 0.3) is 0 Å². The predicted octanol–water partition coefficient (Wildman–Crippen LogP) is 1.18. The Balaban J connectivity index is 2.89. The van der Waals surface area contributed by atoms with Gasteiger partial charge in [0.2, 0.25) is 0 Å². The molecule has 0 radical (unpaired) electrons. The summed E-state index contributed by atoms with van der Waals surface area (Å²) in [5, 5.41) is 8.69. The van der Waals surface area contributed by atoms with Gasteiger partial charge in [0.15, 0.2) is 6.10 Å². The summed E-state index contributed by atoms with van der Waals surface area (Å²) in [5.74, 6) is -1.09. The smallest absolute Gasteiger partial charge is 0.344 e. The van der Waals surface area contributed by atoms with Crippen LogP contribution in [0.5, 0.6) is 5.75 Å². The molecule has 0 aromatic heterocycles. The molecule has 1 atom stereocenters. The number of ether oxygens (including phenoxy) is 1. The summed E-state index contributed by atoms with van der Waals surface area (Å²) in [6, 6.07) is 3.94. The zero-order chi connectivity index (χ0) is 12.1. The maximum Gasteiger partial charge on any atom is 0.344 e. The molecule has 0 aliphatic carbocycles. The Kier molecular flexibility index (Phi) is 4.25. The minimum absolute atomic E-state index is 0.348. The van der Waals surface area contributed by atoms with Crippen LogP contribution < -0.4 is 10.5 Å². The largest absolute Gasteiger partial charge is 0.479 e. The predicted molar refractivity (Wildman–Crippen MR) is 56.9 cm³/mol. The molecule has 5 heteroatoms. The van der Waals surface area contributed by atoms with Gasteiger partial charge in [0.05, 0.1) is 0 Å². The molecular weight excluding hydrogens is 213 g/mol. The van der Waals surface area contributed by atoms with Crippen molar-refractivity contribution in [1.82, 2.24) is 0 Å². The van der Waals surface area contributed by atoms with Crippen LogP contribution in [-0.4, -0.2) is 23.7 Å². The third-order valence-electron chi connectivity index (χ3n) is 2.09. The molecule has 1 rings (SSSR count). The van der Waals surface area contributed by atoms with Gasteiger partial charge in [-0.1, -0.05) is 0 Å². The molecule has 88 valence electrons. The Labute approximate surface area is 92.8 Å². The average molecular weight is 227 g/mol. The number of aliphatic carboxylic acids is 1. The summed E-state index contributed by atoms with van der Waals surface area (Å²) < 4.78 is 18.1. The number of nitrogens with two attached hydrogens (primary N) is 1. The summed E-state index contributed by atoms with van der Waals surface area (Å²) in [7, 11) is 0. The first-order valence-electron chi connectivity index (χ1n) is 4.92. The van der Waals surface area contributed by atoms with E-state index in [-0.39, 0.29) is 0 Å². The lowest BCUT2D eigenvalue weighted by Crippen LogP contribution is -2.23. The minimum atomic E-state index is -1.07. The van der Waals surface area contributed by atoms with Gasteiger partial charge in [0, 0.05) is 0 Å². The maximum absolute atomic E-state index is 13.0. The highest BCUT2D eigenvalue weighted by molar-refractivity contribution is 5.72. The molecule has 0 spiro atoms. The van der Waals surface area contributed by atoms with E-state index in [1.807, 2.05) is 0 Å². The summed E-state index contributed by atoms with van der Waals surface area (Å²) in [5.41, 5.74) is 5.96. The highest BCUT2D eigenvalue weighted by Crippen LogP contribution is 2.21. The van der Waals surface area contributed by atoms with E-state index in [2.05, 4.69) is 0 Å². The number of hydrogen-bond donors (Lipinski definition) is 2. The number of carboxylic acid groups (broad SMARTS) is 1. The van der Waals surface area contributed by atoms with Gasteiger partial charge in [-0.25, -0.2) is 9.18 Å². The van der Waals surface area contributed by atoms with Crippen molar-refractivity contribution in [1.29, 1.82) is 0 Å². The quantitative estimate of drug-likeness (QED) is 0.792. The lowest BCUT2D eigenvalue weighted by Gasteiger charge is -2.14. The molecule has 16 heavy (non-hydrogen) atoms. The summed E-state index contributed by atoms with van der Waals surface area (Å²) in [4.78, 5) is 10.6. The van der Waals surface area contributed by atoms with Crippen molar-refractivity contribution >= 4 is 5.97 Å². The molecule has 4 nitrogen and oxygen atoms in total. The van der Waals surface area contributed by atoms with Crippen LogP contribution in [0.15, 0.2) is 18.2 Å². The van der Waals surface area contributed by atoms with Crippen LogP contribution in [-0.2, 0) is 11.2 Å². The van der Waals surface area contributed by atoms with Crippen LogP contribution in [0.4, 0.5) is 4.39 Å². The van der Waals surface area contributed by atoms with Crippen molar-refractivity contribution in [3.05, 3.63) is 29.6 Å². The molecule has 0 amide bonds. The molecule has 0 saturated carbocycles. The van der Waals surface area contributed by atoms with Crippen LogP contribution in [0, 0.1) is 5.82 Å². The molecule has 0 saturated heterocycles. The van der Waals surface area contributed by atoms with Gasteiger partial charge >= 0.3 is 5.97 Å². The Morgan fingerprint density at radius 2 is 2.31 bits per heavy atom. The Morgan fingerprint density at radius 1 is 1.62 bits per heavy atom. The number of rotatable bonds is 5. The number of carboxylic acids is 1. The topological polar surface area (TPSA) is 72.5 Å². The normalized spacial score (nSPS) is 12.2. The molecule has 0 heterocycles. The van der Waals surface area contributed by atoms with Gasteiger partial charge in [-0.2, -0.15) is 0 Å². The van der Waals surface area contributed by atoms with Crippen LogP contribution in [0.1, 0.15) is 12.5 Å². The first-order valence-corrected chi connectivity index (χ1v) is 4.92. The first kappa shape index (κ1) is 12.4. The molecule has 0 fully saturated rings. The van der Waals surface area contributed by atoms with Crippen molar-refractivity contribution in [2.45, 2.75) is 19.4 Å². The Morgan fingerprint density at radius 3 is 2.88 bits per heavy atom. The number of halogens is 1. The molecule has 1 aromatic rings. The fourth-order valence-corrected chi connectivity index (χ4v) is 1.25. The van der Waals surface area contributed by atoms with Crippen molar-refractivity contribution in [3.8, 4) is 5.75 Å². The van der Waals surface area contributed by atoms with E-state index in [4.69, 9.17) is 15.6 Å². The van der Waals surface area contributed by atoms with Crippen LogP contribution >= 0.6 is 0 Å². The lowest BCUT2D eigenvalue weighted by molar-refractivity contribution is -0.144. The second kappa shape index (κ2) is 5.46. The van der Waals surface area contributed by atoms with Gasteiger partial charge in [0.1, 0.15) is 11.6 Å². The summed E-state index contributed by atoms with van der Waals surface area (Å²) in [6.45, 7) is 1.76. The van der Waals surface area contributed by atoms with E-state index in [0.29, 0.717) is 24.3 Å². The average Bonchev–Trinajstić information content (AvgIpc) is 2.22. The van der Waals surface area contributed by atoms with Gasteiger partial charge in [-0.05, 0) is 43.7 Å². The third kappa shape index (κ3) is 3.20. The van der Waals surface area contributed by atoms with Crippen LogP contribution in [0.3, 0.4) is 0 Å². The monoisotopic (exact) mass is 227 g/mol. The van der Waals surface area contributed by atoms with E-state index >= 15 is 0 Å². The van der Waals surface area contributed by atoms with E-state index in [1.54, 1.807) is 0 Å². The number of hydrogen-bond acceptors (Lipinski definition) is 3. The second-order valence-corrected chi connectivity index (χ2v) is 3.39. The second-order valence-electron chi connectivity index (χ2n) is 3.39. The van der Waals surface area contributed by atoms with Crippen LogP contribution in [0.25, 0.3) is 0 Å². The molecule has 0 aliphatic heterocycles. The number of carbonyl (C=O) groups is 1. The first-order chi connectivity index (χ1) is 7.54. The molecule has 0 aliphatic rings. The maximum atomic E-state index is 13.0. The fourth-order valence-electron chi connectivity index (χ4n) is 1.25. The molecule has 1 aromatic carbocycles. The van der Waals surface area contributed by atoms with Gasteiger partial charge < -0.3 is 15.6 Å². The third-order valence-corrected chi connectivity index (χ3v) is 2.09. The van der Waals surface area contributed by atoms with E-state index in [9.17, 15) is 9.18 Å². The zero-order valence-electron chi connectivity index (χ0n) is 8.94. The zero-order valence-corrected chi connectivity index (χ0v) is 8.94. The van der Waals surface area contributed by atoms with Gasteiger partial charge in [-0.15, -0.1) is 0 Å². The van der Waals surface area contributed by atoms with Crippen molar-refractivity contribution in [2.75, 3.05) is 6.54 Å². The molecular formula is C11H14FNO3. The standard InChI is InChI=1S/C11H14FNO3/c1-7(11(14)15)16-10-3-2-9(12)6-8(10)4-5-13/h2-3,6-7H,4-5,13H2,1H3,(H,14,15). The van der Waals surface area contributed by atoms with E-state index in [0.717, 1.165) is 0 Å². The number of benzene rings is 1. The molecule has 3 N–H and O–H groups in total. The Bertz CT molecular complexity index is 381. The highest BCUT2D eigenvalue weighted by atomic mass is 19.1. The van der Waals surface area contributed by atoms with Crippen molar-refractivity contribution in [3.63, 3.8) is 0 Å². The van der Waals surface area contributed by atoms with Crippen molar-refractivity contribution < 1.29 is 19.0 Å². The molecule has 0 bridgehead atoms. The summed E-state index contributed by atoms with van der Waals surface area (Å²) in [6.07, 6.45) is -0.527.